The fourth-order valence-corrected chi connectivity index (χ4v) is 1.79. The number of nitrogens with zero attached hydrogens (tertiary/aromatic N) is 4. The molecule has 94 valence electrons. The van der Waals surface area contributed by atoms with Crippen molar-refractivity contribution in [2.24, 2.45) is 7.05 Å². The van der Waals surface area contributed by atoms with Crippen LogP contribution in [-0.2, 0) is 13.6 Å². The number of allylic oxidation sites excluding steroid dienone is 1. The Bertz CT molecular complexity index is 597. The molecule has 2 rings (SSSR count). The normalized spacial score (nSPS) is 11.3. The average Bonchev–Trinajstić information content (AvgIpc) is 2.93. The Labute approximate surface area is 110 Å². The van der Waals surface area contributed by atoms with E-state index in [0.29, 0.717) is 17.1 Å². The van der Waals surface area contributed by atoms with Crippen molar-refractivity contribution in [3.05, 3.63) is 40.9 Å². The summed E-state index contributed by atoms with van der Waals surface area (Å²) in [7, 11) is 1.77. The molecule has 0 saturated heterocycles. The topological polar surface area (TPSA) is 52.7 Å². The fourth-order valence-electron chi connectivity index (χ4n) is 1.59. The lowest BCUT2D eigenvalue weighted by Crippen LogP contribution is -1.99. The highest BCUT2D eigenvalue weighted by atomic mass is 35.5. The van der Waals surface area contributed by atoms with Gasteiger partial charge in [-0.1, -0.05) is 11.6 Å². The molecule has 0 atom stereocenters. The van der Waals surface area contributed by atoms with Gasteiger partial charge in [-0.05, 0) is 19.1 Å². The van der Waals surface area contributed by atoms with Gasteiger partial charge in [0.15, 0.2) is 5.78 Å². The summed E-state index contributed by atoms with van der Waals surface area (Å²) < 4.78 is 3.32. The highest BCUT2D eigenvalue weighted by Crippen LogP contribution is 2.17. The number of ketones is 1. The Hall–Kier alpha value is -1.88. The van der Waals surface area contributed by atoms with Crippen LogP contribution in [0.15, 0.2) is 24.7 Å². The zero-order valence-corrected chi connectivity index (χ0v) is 10.9. The molecule has 0 fully saturated rings. The number of carbonyl (C=O) groups is 1. The lowest BCUT2D eigenvalue weighted by molar-refractivity contribution is 0.104. The Morgan fingerprint density at radius 2 is 2.22 bits per heavy atom. The van der Waals surface area contributed by atoms with Gasteiger partial charge >= 0.3 is 0 Å². The second kappa shape index (κ2) is 5.18. The van der Waals surface area contributed by atoms with Crippen LogP contribution in [0.2, 0.25) is 5.02 Å². The van der Waals surface area contributed by atoms with E-state index in [-0.39, 0.29) is 5.78 Å². The maximum atomic E-state index is 11.9. The Morgan fingerprint density at radius 3 is 2.83 bits per heavy atom. The largest absolute Gasteiger partial charge is 0.289 e. The van der Waals surface area contributed by atoms with Crippen molar-refractivity contribution in [2.75, 3.05) is 0 Å². The Morgan fingerprint density at radius 1 is 1.44 bits per heavy atom. The van der Waals surface area contributed by atoms with Gasteiger partial charge in [-0.2, -0.15) is 10.2 Å². The highest BCUT2D eigenvalue weighted by Gasteiger charge is 2.07. The molecular formula is C12H13ClN4O. The van der Waals surface area contributed by atoms with Gasteiger partial charge in [0.2, 0.25) is 0 Å². The van der Waals surface area contributed by atoms with Crippen LogP contribution in [0.3, 0.4) is 0 Å². The summed E-state index contributed by atoms with van der Waals surface area (Å²) in [6.45, 7) is 2.66. The minimum absolute atomic E-state index is 0.108. The summed E-state index contributed by atoms with van der Waals surface area (Å²) in [5.41, 5.74) is 1.28. The molecule has 0 aromatic carbocycles. The predicted octanol–water partition coefficient (Wildman–Crippen LogP) is 2.19. The van der Waals surface area contributed by atoms with E-state index in [0.717, 1.165) is 5.69 Å². The molecule has 0 aliphatic heterocycles. The van der Waals surface area contributed by atoms with Gasteiger partial charge in [0.25, 0.3) is 0 Å². The van der Waals surface area contributed by atoms with E-state index in [1.54, 1.807) is 34.9 Å². The van der Waals surface area contributed by atoms with E-state index >= 15 is 0 Å². The first-order chi connectivity index (χ1) is 8.61. The summed E-state index contributed by atoms with van der Waals surface area (Å²) in [6, 6.07) is 0. The van der Waals surface area contributed by atoms with E-state index in [2.05, 4.69) is 10.2 Å². The van der Waals surface area contributed by atoms with Gasteiger partial charge in [-0.25, -0.2) is 0 Å². The maximum Gasteiger partial charge on any atom is 0.189 e. The van der Waals surface area contributed by atoms with Crippen LogP contribution in [-0.4, -0.2) is 25.3 Å². The van der Waals surface area contributed by atoms with Gasteiger partial charge < -0.3 is 0 Å². The smallest absolute Gasteiger partial charge is 0.189 e. The van der Waals surface area contributed by atoms with Gasteiger partial charge in [0.05, 0.1) is 28.7 Å². The molecule has 2 heterocycles. The molecule has 0 saturated carbocycles. The van der Waals surface area contributed by atoms with Crippen LogP contribution in [0.4, 0.5) is 0 Å². The van der Waals surface area contributed by atoms with Crippen LogP contribution in [0.5, 0.6) is 0 Å². The Balaban J connectivity index is 2.20. The molecular weight excluding hydrogens is 252 g/mol. The van der Waals surface area contributed by atoms with E-state index in [4.69, 9.17) is 11.6 Å². The van der Waals surface area contributed by atoms with Crippen molar-refractivity contribution in [1.29, 1.82) is 0 Å². The van der Waals surface area contributed by atoms with E-state index in [1.807, 2.05) is 6.92 Å². The van der Waals surface area contributed by atoms with Gasteiger partial charge in [0.1, 0.15) is 0 Å². The third kappa shape index (κ3) is 2.51. The van der Waals surface area contributed by atoms with Crippen molar-refractivity contribution in [3.63, 3.8) is 0 Å². The number of hydrogen-bond acceptors (Lipinski definition) is 3. The van der Waals surface area contributed by atoms with Crippen molar-refractivity contribution in [2.45, 2.75) is 13.5 Å². The van der Waals surface area contributed by atoms with Gasteiger partial charge in [-0.3, -0.25) is 14.2 Å². The second-order valence-corrected chi connectivity index (χ2v) is 4.20. The fraction of sp³-hybridized carbons (Fsp3) is 0.250. The standard InChI is InChI=1S/C12H13ClN4O/c1-3-17-11(10(13)7-15-17)4-5-12(18)9-6-14-16(2)8-9/h4-8H,3H2,1-2H3. The van der Waals surface area contributed by atoms with E-state index < -0.39 is 0 Å². The minimum atomic E-state index is -0.108. The first-order valence-electron chi connectivity index (χ1n) is 5.54. The predicted molar refractivity (Wildman–Crippen MR) is 69.5 cm³/mol. The van der Waals surface area contributed by atoms with Crippen LogP contribution < -0.4 is 0 Å². The number of aromatic nitrogens is 4. The monoisotopic (exact) mass is 264 g/mol. The number of halogens is 1. The molecule has 5 nitrogen and oxygen atoms in total. The second-order valence-electron chi connectivity index (χ2n) is 3.79. The van der Waals surface area contributed by atoms with E-state index in [9.17, 15) is 4.79 Å². The molecule has 18 heavy (non-hydrogen) atoms. The number of carbonyl (C=O) groups excluding carboxylic acids is 1. The SMILES string of the molecule is CCn1ncc(Cl)c1C=CC(=O)c1cnn(C)c1. The maximum absolute atomic E-state index is 11.9. The van der Waals surface area contributed by atoms with Crippen molar-refractivity contribution >= 4 is 23.5 Å². The lowest BCUT2D eigenvalue weighted by atomic mass is 10.2. The minimum Gasteiger partial charge on any atom is -0.289 e. The lowest BCUT2D eigenvalue weighted by Gasteiger charge is -1.99. The average molecular weight is 265 g/mol. The molecule has 0 unspecified atom stereocenters. The molecule has 0 aliphatic rings. The number of hydrogen-bond donors (Lipinski definition) is 0. The molecule has 0 aliphatic carbocycles. The van der Waals surface area contributed by atoms with E-state index in [1.165, 1.54) is 12.3 Å². The molecule has 0 radical (unpaired) electrons. The molecule has 2 aromatic rings. The summed E-state index contributed by atoms with van der Waals surface area (Å²) in [4.78, 5) is 11.9. The van der Waals surface area contributed by atoms with Crippen LogP contribution >= 0.6 is 11.6 Å². The van der Waals surface area contributed by atoms with Crippen LogP contribution in [0.1, 0.15) is 23.0 Å². The summed E-state index contributed by atoms with van der Waals surface area (Å²) in [5.74, 6) is -0.108. The molecule has 0 spiro atoms. The first kappa shape index (κ1) is 12.6. The van der Waals surface area contributed by atoms with Gasteiger partial charge in [-0.15, -0.1) is 0 Å². The van der Waals surface area contributed by atoms with Crippen LogP contribution in [0, 0.1) is 0 Å². The zero-order chi connectivity index (χ0) is 13.1. The molecule has 0 N–H and O–H groups in total. The molecule has 0 bridgehead atoms. The van der Waals surface area contributed by atoms with Crippen LogP contribution in [0.25, 0.3) is 6.08 Å². The van der Waals surface area contributed by atoms with Crippen molar-refractivity contribution in [3.8, 4) is 0 Å². The van der Waals surface area contributed by atoms with Gasteiger partial charge in [0, 0.05) is 19.8 Å². The number of rotatable bonds is 4. The zero-order valence-electron chi connectivity index (χ0n) is 10.2. The third-order valence-electron chi connectivity index (χ3n) is 2.51. The summed E-state index contributed by atoms with van der Waals surface area (Å²) in [6.07, 6.45) is 7.93. The number of aryl methyl sites for hydroxylation is 2. The summed E-state index contributed by atoms with van der Waals surface area (Å²) >= 11 is 5.99. The highest BCUT2D eigenvalue weighted by molar-refractivity contribution is 6.31. The first-order valence-corrected chi connectivity index (χ1v) is 5.92. The molecule has 0 amide bonds. The van der Waals surface area contributed by atoms with Crippen molar-refractivity contribution in [1.82, 2.24) is 19.6 Å². The Kier molecular flexibility index (Phi) is 3.62. The molecule has 2 aromatic heterocycles. The molecule has 6 heteroatoms. The quantitative estimate of drug-likeness (QED) is 0.628. The third-order valence-corrected chi connectivity index (χ3v) is 2.81. The van der Waals surface area contributed by atoms with Crippen molar-refractivity contribution < 1.29 is 4.79 Å². The summed E-state index contributed by atoms with van der Waals surface area (Å²) in [5, 5.41) is 8.58.